The predicted octanol–water partition coefficient (Wildman–Crippen LogP) is 12.0. The fourth-order valence-electron chi connectivity index (χ4n) is 6.22. The van der Waals surface area contributed by atoms with E-state index in [1.54, 1.807) is 0 Å². The summed E-state index contributed by atoms with van der Waals surface area (Å²) in [5.74, 6) is 0. The van der Waals surface area contributed by atoms with Crippen LogP contribution >= 0.6 is 0 Å². The third-order valence-corrected chi connectivity index (χ3v) is 8.42. The van der Waals surface area contributed by atoms with Gasteiger partial charge in [0, 0.05) is 33.5 Å². The standard InChI is InChI=1S/C42H30N2/c1-3-11-29(12-4-1)31-19-23-33(24-20-31)43-41-27-39-36-16-8-10-18-38(36)42(28-40(39)35-15-7-9-17-37(35)41)44-34-25-21-32(22-26-34)30-13-5-2-6-14-30/h1-28,43-44H. The van der Waals surface area contributed by atoms with Crippen molar-refractivity contribution in [3.8, 4) is 22.3 Å². The van der Waals surface area contributed by atoms with E-state index >= 15 is 0 Å². The summed E-state index contributed by atoms with van der Waals surface area (Å²) in [7, 11) is 0. The molecule has 0 fully saturated rings. The number of rotatable bonds is 6. The monoisotopic (exact) mass is 562 g/mol. The van der Waals surface area contributed by atoms with Crippen molar-refractivity contribution in [2.45, 2.75) is 0 Å². The van der Waals surface area contributed by atoms with Crippen LogP contribution in [0.25, 0.3) is 54.6 Å². The minimum absolute atomic E-state index is 1.07. The van der Waals surface area contributed by atoms with Crippen LogP contribution in [0.4, 0.5) is 22.7 Å². The first-order chi connectivity index (χ1) is 21.8. The van der Waals surface area contributed by atoms with Gasteiger partial charge in [0.05, 0.1) is 0 Å². The molecule has 0 radical (unpaired) electrons. The molecule has 0 bridgehead atoms. The van der Waals surface area contributed by atoms with Crippen molar-refractivity contribution in [2.24, 2.45) is 0 Å². The van der Waals surface area contributed by atoms with Crippen molar-refractivity contribution in [3.63, 3.8) is 0 Å². The summed E-state index contributed by atoms with van der Waals surface area (Å²) in [4.78, 5) is 0. The molecule has 8 aromatic rings. The molecular weight excluding hydrogens is 532 g/mol. The third-order valence-electron chi connectivity index (χ3n) is 8.42. The Labute approximate surface area is 257 Å². The van der Waals surface area contributed by atoms with Crippen LogP contribution in [0.15, 0.2) is 170 Å². The Hall–Kier alpha value is -5.86. The summed E-state index contributed by atoms with van der Waals surface area (Å²) in [6, 6.07) is 60.4. The van der Waals surface area contributed by atoms with Gasteiger partial charge >= 0.3 is 0 Å². The maximum Gasteiger partial charge on any atom is 0.0470 e. The van der Waals surface area contributed by atoms with Gasteiger partial charge in [-0.05, 0) is 80.2 Å². The first kappa shape index (κ1) is 25.8. The zero-order chi connectivity index (χ0) is 29.3. The molecular formula is C42H30N2. The molecule has 2 nitrogen and oxygen atoms in total. The molecule has 208 valence electrons. The van der Waals surface area contributed by atoms with Crippen molar-refractivity contribution in [1.82, 2.24) is 0 Å². The highest BCUT2D eigenvalue weighted by atomic mass is 14.9. The maximum atomic E-state index is 3.74. The van der Waals surface area contributed by atoms with Gasteiger partial charge in [0.15, 0.2) is 0 Å². The van der Waals surface area contributed by atoms with Gasteiger partial charge in [-0.2, -0.15) is 0 Å². The van der Waals surface area contributed by atoms with E-state index in [4.69, 9.17) is 0 Å². The minimum atomic E-state index is 1.07. The lowest BCUT2D eigenvalue weighted by Gasteiger charge is -2.17. The first-order valence-corrected chi connectivity index (χ1v) is 15.0. The molecule has 0 atom stereocenters. The zero-order valence-electron chi connectivity index (χ0n) is 24.2. The second-order valence-corrected chi connectivity index (χ2v) is 11.2. The van der Waals surface area contributed by atoms with E-state index in [9.17, 15) is 0 Å². The Morgan fingerprint density at radius 3 is 0.955 bits per heavy atom. The van der Waals surface area contributed by atoms with Crippen LogP contribution in [0.1, 0.15) is 0 Å². The lowest BCUT2D eigenvalue weighted by Crippen LogP contribution is -1.95. The van der Waals surface area contributed by atoms with Crippen LogP contribution in [0.3, 0.4) is 0 Å². The summed E-state index contributed by atoms with van der Waals surface area (Å²) >= 11 is 0. The fourth-order valence-corrected chi connectivity index (χ4v) is 6.22. The SMILES string of the molecule is c1ccc(-c2ccc(Nc3cc4c5ccccc5c(Nc5ccc(-c6ccccc6)cc5)cc4c4ccccc34)cc2)cc1. The number of nitrogens with one attached hydrogen (secondary N) is 2. The molecule has 0 saturated heterocycles. The zero-order valence-corrected chi connectivity index (χ0v) is 24.2. The highest BCUT2D eigenvalue weighted by Gasteiger charge is 2.13. The van der Waals surface area contributed by atoms with E-state index < -0.39 is 0 Å². The molecule has 44 heavy (non-hydrogen) atoms. The Morgan fingerprint density at radius 2 is 0.568 bits per heavy atom. The second kappa shape index (κ2) is 11.1. The maximum absolute atomic E-state index is 3.74. The molecule has 0 heterocycles. The van der Waals surface area contributed by atoms with Gasteiger partial charge in [-0.25, -0.2) is 0 Å². The van der Waals surface area contributed by atoms with Gasteiger partial charge in [-0.15, -0.1) is 0 Å². The van der Waals surface area contributed by atoms with E-state index in [0.717, 1.165) is 22.7 Å². The van der Waals surface area contributed by atoms with Crippen molar-refractivity contribution in [1.29, 1.82) is 0 Å². The molecule has 0 aliphatic rings. The van der Waals surface area contributed by atoms with Crippen molar-refractivity contribution in [3.05, 3.63) is 170 Å². The van der Waals surface area contributed by atoms with E-state index in [2.05, 4.69) is 180 Å². The molecule has 0 unspecified atom stereocenters. The minimum Gasteiger partial charge on any atom is -0.355 e. The second-order valence-electron chi connectivity index (χ2n) is 11.2. The van der Waals surface area contributed by atoms with Gasteiger partial charge in [0.1, 0.15) is 0 Å². The summed E-state index contributed by atoms with van der Waals surface area (Å²) in [6.07, 6.45) is 0. The van der Waals surface area contributed by atoms with Crippen LogP contribution in [0, 0.1) is 0 Å². The third kappa shape index (κ3) is 4.83. The van der Waals surface area contributed by atoms with Gasteiger partial charge in [0.2, 0.25) is 0 Å². The van der Waals surface area contributed by atoms with Crippen LogP contribution in [-0.2, 0) is 0 Å². The van der Waals surface area contributed by atoms with E-state index in [1.807, 2.05) is 0 Å². The number of fused-ring (bicyclic) bond motifs is 5. The summed E-state index contributed by atoms with van der Waals surface area (Å²) in [5, 5.41) is 14.8. The molecule has 0 amide bonds. The summed E-state index contributed by atoms with van der Waals surface area (Å²) in [6.45, 7) is 0. The Morgan fingerprint density at radius 1 is 0.250 bits per heavy atom. The number of anilines is 4. The van der Waals surface area contributed by atoms with Crippen LogP contribution in [-0.4, -0.2) is 0 Å². The fraction of sp³-hybridized carbons (Fsp3) is 0. The normalized spacial score (nSPS) is 11.2. The molecule has 0 saturated carbocycles. The highest BCUT2D eigenvalue weighted by Crippen LogP contribution is 2.41. The van der Waals surface area contributed by atoms with E-state index in [1.165, 1.54) is 54.6 Å². The van der Waals surface area contributed by atoms with Crippen molar-refractivity contribution < 1.29 is 0 Å². The smallest absolute Gasteiger partial charge is 0.0470 e. The first-order valence-electron chi connectivity index (χ1n) is 15.0. The molecule has 0 spiro atoms. The van der Waals surface area contributed by atoms with Gasteiger partial charge in [-0.3, -0.25) is 0 Å². The van der Waals surface area contributed by atoms with Crippen LogP contribution in [0.2, 0.25) is 0 Å². The lowest BCUT2D eigenvalue weighted by molar-refractivity contribution is 1.56. The molecule has 8 aromatic carbocycles. The van der Waals surface area contributed by atoms with Gasteiger partial charge < -0.3 is 10.6 Å². The average Bonchev–Trinajstić information content (AvgIpc) is 3.10. The lowest BCUT2D eigenvalue weighted by atomic mass is 9.94. The summed E-state index contributed by atoms with van der Waals surface area (Å²) in [5.41, 5.74) is 9.19. The quantitative estimate of drug-likeness (QED) is 0.197. The molecule has 2 N–H and O–H groups in total. The number of hydrogen-bond donors (Lipinski definition) is 2. The highest BCUT2D eigenvalue weighted by molar-refractivity contribution is 6.23. The molecule has 8 rings (SSSR count). The van der Waals surface area contributed by atoms with Crippen molar-refractivity contribution in [2.75, 3.05) is 10.6 Å². The Balaban J connectivity index is 1.20. The van der Waals surface area contributed by atoms with Gasteiger partial charge in [0.25, 0.3) is 0 Å². The molecule has 0 aliphatic carbocycles. The van der Waals surface area contributed by atoms with Crippen LogP contribution < -0.4 is 10.6 Å². The average molecular weight is 563 g/mol. The van der Waals surface area contributed by atoms with E-state index in [0.29, 0.717) is 0 Å². The largest absolute Gasteiger partial charge is 0.355 e. The Bertz CT molecular complexity index is 2070. The van der Waals surface area contributed by atoms with Crippen molar-refractivity contribution >= 4 is 55.1 Å². The topological polar surface area (TPSA) is 24.1 Å². The number of benzene rings is 8. The Kier molecular flexibility index (Phi) is 6.51. The molecule has 0 aromatic heterocycles. The summed E-state index contributed by atoms with van der Waals surface area (Å²) < 4.78 is 0. The molecule has 0 aliphatic heterocycles. The van der Waals surface area contributed by atoms with Gasteiger partial charge in [-0.1, -0.05) is 133 Å². The predicted molar refractivity (Wildman–Crippen MR) is 189 cm³/mol. The van der Waals surface area contributed by atoms with E-state index in [-0.39, 0.29) is 0 Å². The molecule has 2 heteroatoms. The van der Waals surface area contributed by atoms with Crippen LogP contribution in [0.5, 0.6) is 0 Å². The number of hydrogen-bond acceptors (Lipinski definition) is 2.